The third-order valence-corrected chi connectivity index (χ3v) is 5.40. The normalized spacial score (nSPS) is 10.7. The molecule has 150 valence electrons. The molecule has 0 unspecified atom stereocenters. The number of amides is 1. The number of rotatable bonds is 6. The average molecular weight is 437 g/mol. The van der Waals surface area contributed by atoms with Gasteiger partial charge < -0.3 is 5.32 Å². The molecule has 0 radical (unpaired) electrons. The lowest BCUT2D eigenvalue weighted by atomic mass is 10.1. The zero-order valence-corrected chi connectivity index (χ0v) is 17.6. The van der Waals surface area contributed by atoms with Crippen LogP contribution in [0.3, 0.4) is 0 Å². The van der Waals surface area contributed by atoms with Gasteiger partial charge in [-0.25, -0.2) is 9.67 Å². The van der Waals surface area contributed by atoms with Gasteiger partial charge in [0.1, 0.15) is 5.69 Å². The fraction of sp³-hybridized carbons (Fsp3) is 0.0909. The van der Waals surface area contributed by atoms with Gasteiger partial charge in [0.2, 0.25) is 5.91 Å². The summed E-state index contributed by atoms with van der Waals surface area (Å²) >= 11 is 7.24. The number of nitrogens with zero attached hydrogens (tertiary/aromatic N) is 3. The van der Waals surface area contributed by atoms with Gasteiger partial charge in [-0.05, 0) is 24.3 Å². The minimum absolute atomic E-state index is 0.111. The molecule has 1 amide bonds. The maximum absolute atomic E-state index is 12.7. The first-order valence-electron chi connectivity index (χ1n) is 9.16. The molecule has 2 aromatic carbocycles. The van der Waals surface area contributed by atoms with E-state index in [1.54, 1.807) is 22.2 Å². The molecular weight excluding hydrogens is 420 g/mol. The van der Waals surface area contributed by atoms with Gasteiger partial charge in [-0.15, -0.1) is 11.3 Å². The van der Waals surface area contributed by atoms with Gasteiger partial charge in [0.05, 0.1) is 17.8 Å². The highest BCUT2D eigenvalue weighted by Gasteiger charge is 2.17. The molecule has 4 rings (SSSR count). The van der Waals surface area contributed by atoms with Crippen LogP contribution in [0.4, 0.5) is 5.13 Å². The molecule has 4 aromatic rings. The summed E-state index contributed by atoms with van der Waals surface area (Å²) in [6.07, 6.45) is 1.96. The number of aromatic nitrogens is 3. The van der Waals surface area contributed by atoms with Crippen LogP contribution in [0, 0.1) is 0 Å². The molecular formula is C22H17ClN4O2S. The second-order valence-corrected chi connectivity index (χ2v) is 7.90. The van der Waals surface area contributed by atoms with Crippen LogP contribution in [0.5, 0.6) is 0 Å². The number of nitrogens with one attached hydrogen (secondary N) is 1. The Balaban J connectivity index is 1.63. The van der Waals surface area contributed by atoms with E-state index in [0.717, 1.165) is 16.8 Å². The Morgan fingerprint density at radius 3 is 2.50 bits per heavy atom. The van der Waals surface area contributed by atoms with Crippen molar-refractivity contribution in [2.75, 3.05) is 5.32 Å². The van der Waals surface area contributed by atoms with Gasteiger partial charge in [-0.3, -0.25) is 9.59 Å². The van der Waals surface area contributed by atoms with E-state index in [4.69, 9.17) is 16.7 Å². The van der Waals surface area contributed by atoms with Crippen molar-refractivity contribution >= 4 is 39.8 Å². The maximum Gasteiger partial charge on any atom is 0.230 e. The molecule has 0 fully saturated rings. The van der Waals surface area contributed by atoms with Crippen LogP contribution in [-0.2, 0) is 11.2 Å². The fourth-order valence-electron chi connectivity index (χ4n) is 2.93. The molecule has 0 saturated carbocycles. The number of thiazole rings is 1. The Hall–Kier alpha value is -3.29. The molecule has 0 aliphatic heterocycles. The zero-order valence-electron chi connectivity index (χ0n) is 16.0. The smallest absolute Gasteiger partial charge is 0.230 e. The van der Waals surface area contributed by atoms with Gasteiger partial charge in [-0.1, -0.05) is 41.9 Å². The standard InChI is InChI=1S/C22H17ClN4O2S/c1-14(28)19-13-30-22(24-19)25-20(29)11-16-12-27(18-5-3-2-4-6-18)26-21(16)15-7-9-17(23)10-8-15/h2-10,12-13H,11H2,1H3,(H,24,25,29). The first-order chi connectivity index (χ1) is 14.5. The lowest BCUT2D eigenvalue weighted by molar-refractivity contribution is -0.115. The topological polar surface area (TPSA) is 76.9 Å². The van der Waals surface area contributed by atoms with E-state index in [2.05, 4.69) is 10.3 Å². The van der Waals surface area contributed by atoms with Gasteiger partial charge in [0.15, 0.2) is 10.9 Å². The average Bonchev–Trinajstić information content (AvgIpc) is 3.37. The van der Waals surface area contributed by atoms with Crippen molar-refractivity contribution in [3.8, 4) is 16.9 Å². The number of benzene rings is 2. The molecule has 0 bridgehead atoms. The van der Waals surface area contributed by atoms with E-state index in [0.29, 0.717) is 21.5 Å². The molecule has 0 aliphatic rings. The van der Waals surface area contributed by atoms with Crippen LogP contribution in [-0.4, -0.2) is 26.5 Å². The molecule has 2 aromatic heterocycles. The van der Waals surface area contributed by atoms with E-state index >= 15 is 0 Å². The van der Waals surface area contributed by atoms with Gasteiger partial charge in [0.25, 0.3) is 0 Å². The van der Waals surface area contributed by atoms with Crippen molar-refractivity contribution < 1.29 is 9.59 Å². The number of para-hydroxylation sites is 1. The molecule has 0 aliphatic carbocycles. The number of carbonyl (C=O) groups excluding carboxylic acids is 2. The number of carbonyl (C=O) groups is 2. The maximum atomic E-state index is 12.7. The largest absolute Gasteiger partial charge is 0.302 e. The number of hydrogen-bond donors (Lipinski definition) is 1. The highest BCUT2D eigenvalue weighted by Crippen LogP contribution is 2.26. The van der Waals surface area contributed by atoms with Crippen LogP contribution in [0.25, 0.3) is 16.9 Å². The lowest BCUT2D eigenvalue weighted by Gasteiger charge is -2.03. The summed E-state index contributed by atoms with van der Waals surface area (Å²) in [5, 5.41) is 10.1. The van der Waals surface area contributed by atoms with Crippen LogP contribution in [0.15, 0.2) is 66.2 Å². The number of Topliss-reactive ketones (excluding diaryl/α,β-unsaturated/α-hetero) is 1. The molecule has 0 atom stereocenters. The zero-order chi connectivity index (χ0) is 21.1. The van der Waals surface area contributed by atoms with Crippen LogP contribution >= 0.6 is 22.9 Å². The number of hydrogen-bond acceptors (Lipinski definition) is 5. The fourth-order valence-corrected chi connectivity index (χ4v) is 3.82. The van der Waals surface area contributed by atoms with E-state index in [-0.39, 0.29) is 18.1 Å². The van der Waals surface area contributed by atoms with Crippen molar-refractivity contribution in [2.24, 2.45) is 0 Å². The molecule has 0 saturated heterocycles. The number of halogens is 1. The Morgan fingerprint density at radius 1 is 1.10 bits per heavy atom. The monoisotopic (exact) mass is 436 g/mol. The first kappa shape index (κ1) is 20.0. The van der Waals surface area contributed by atoms with Crippen molar-refractivity contribution in [3.05, 3.63) is 82.5 Å². The predicted octanol–water partition coefficient (Wildman–Crippen LogP) is 5.03. The van der Waals surface area contributed by atoms with Crippen LogP contribution < -0.4 is 5.32 Å². The highest BCUT2D eigenvalue weighted by molar-refractivity contribution is 7.14. The summed E-state index contributed by atoms with van der Waals surface area (Å²) in [6.45, 7) is 1.44. The molecule has 6 nitrogen and oxygen atoms in total. The summed E-state index contributed by atoms with van der Waals surface area (Å²) in [6, 6.07) is 17.0. The van der Waals surface area contributed by atoms with E-state index in [9.17, 15) is 9.59 Å². The summed E-state index contributed by atoms with van der Waals surface area (Å²) in [5.74, 6) is -0.372. The van der Waals surface area contributed by atoms with Crippen molar-refractivity contribution in [2.45, 2.75) is 13.3 Å². The Kier molecular flexibility index (Phi) is 5.74. The Bertz CT molecular complexity index is 1200. The predicted molar refractivity (Wildman–Crippen MR) is 118 cm³/mol. The van der Waals surface area contributed by atoms with Crippen molar-refractivity contribution in [1.29, 1.82) is 0 Å². The van der Waals surface area contributed by atoms with Gasteiger partial charge >= 0.3 is 0 Å². The Morgan fingerprint density at radius 2 is 1.83 bits per heavy atom. The first-order valence-corrected chi connectivity index (χ1v) is 10.4. The second kappa shape index (κ2) is 8.61. The van der Waals surface area contributed by atoms with Gasteiger partial charge in [0, 0.05) is 34.7 Å². The van der Waals surface area contributed by atoms with E-state index in [1.165, 1.54) is 18.3 Å². The van der Waals surface area contributed by atoms with Crippen LogP contribution in [0.2, 0.25) is 5.02 Å². The number of anilines is 1. The molecule has 1 N–H and O–H groups in total. The second-order valence-electron chi connectivity index (χ2n) is 6.61. The summed E-state index contributed by atoms with van der Waals surface area (Å²) in [4.78, 5) is 28.2. The molecule has 2 heterocycles. The third-order valence-electron chi connectivity index (χ3n) is 4.39. The summed E-state index contributed by atoms with van der Waals surface area (Å²) < 4.78 is 1.75. The molecule has 0 spiro atoms. The highest BCUT2D eigenvalue weighted by atomic mass is 35.5. The SMILES string of the molecule is CC(=O)c1csc(NC(=O)Cc2cn(-c3ccccc3)nc2-c2ccc(Cl)cc2)n1. The quantitative estimate of drug-likeness (QED) is 0.430. The van der Waals surface area contributed by atoms with E-state index in [1.807, 2.05) is 48.7 Å². The third kappa shape index (κ3) is 4.48. The van der Waals surface area contributed by atoms with E-state index < -0.39 is 0 Å². The van der Waals surface area contributed by atoms with Crippen LogP contribution in [0.1, 0.15) is 23.0 Å². The Labute approximate surface area is 182 Å². The molecule has 8 heteroatoms. The minimum Gasteiger partial charge on any atom is -0.302 e. The van der Waals surface area contributed by atoms with Crippen molar-refractivity contribution in [1.82, 2.24) is 14.8 Å². The lowest BCUT2D eigenvalue weighted by Crippen LogP contribution is -2.14. The number of ketones is 1. The summed E-state index contributed by atoms with van der Waals surface area (Å²) in [7, 11) is 0. The van der Waals surface area contributed by atoms with Gasteiger partial charge in [-0.2, -0.15) is 5.10 Å². The minimum atomic E-state index is -0.234. The molecule has 30 heavy (non-hydrogen) atoms. The summed E-state index contributed by atoms with van der Waals surface area (Å²) in [5.41, 5.74) is 3.57. The van der Waals surface area contributed by atoms with Crippen molar-refractivity contribution in [3.63, 3.8) is 0 Å².